The van der Waals surface area contributed by atoms with E-state index >= 15 is 0 Å². The fraction of sp³-hybridized carbons (Fsp3) is 0.692. The number of rotatable bonds is 1. The van der Waals surface area contributed by atoms with E-state index < -0.39 is 0 Å². The molecule has 3 fully saturated rings. The molecule has 2 aliphatic heterocycles. The van der Waals surface area contributed by atoms with Crippen molar-refractivity contribution in [2.75, 3.05) is 13.1 Å². The van der Waals surface area contributed by atoms with Crippen LogP contribution in [0.3, 0.4) is 0 Å². The standard InChI is InChI=1S/C13H16N2O2/c16-12-7-3-1-2-4-8(7)13(17)15(12)11-9-5-14-6-10(9)11/h1-2,7-11,14H,3-6H2. The minimum atomic E-state index is -0.0539. The minimum Gasteiger partial charge on any atom is -0.316 e. The molecular formula is C13H16N2O2. The van der Waals surface area contributed by atoms with Crippen LogP contribution in [-0.2, 0) is 9.59 Å². The molecule has 0 aromatic carbocycles. The highest BCUT2D eigenvalue weighted by Gasteiger charge is 2.62. The molecule has 4 aliphatic rings. The third-order valence-corrected chi connectivity index (χ3v) is 4.89. The fourth-order valence-corrected chi connectivity index (χ4v) is 3.89. The SMILES string of the molecule is O=C1C2CC=CCC2C(=O)N1C1C2CNCC21. The molecule has 4 nitrogen and oxygen atoms in total. The average molecular weight is 232 g/mol. The second kappa shape index (κ2) is 3.19. The molecule has 4 unspecified atom stereocenters. The van der Waals surface area contributed by atoms with Gasteiger partial charge in [-0.15, -0.1) is 0 Å². The predicted molar refractivity (Wildman–Crippen MR) is 60.8 cm³/mol. The molecular weight excluding hydrogens is 216 g/mol. The Labute approximate surface area is 100 Å². The molecule has 0 radical (unpaired) electrons. The Morgan fingerprint density at radius 3 is 2.06 bits per heavy atom. The summed E-state index contributed by atoms with van der Waals surface area (Å²) < 4.78 is 0. The molecule has 4 atom stereocenters. The lowest BCUT2D eigenvalue weighted by atomic mass is 9.85. The maximum Gasteiger partial charge on any atom is 0.233 e. The molecule has 1 saturated carbocycles. The Balaban J connectivity index is 1.61. The summed E-state index contributed by atoms with van der Waals surface area (Å²) in [6.45, 7) is 1.94. The van der Waals surface area contributed by atoms with Crippen molar-refractivity contribution in [1.82, 2.24) is 10.2 Å². The highest BCUT2D eigenvalue weighted by molar-refractivity contribution is 6.06. The molecule has 2 saturated heterocycles. The first kappa shape index (κ1) is 9.83. The maximum absolute atomic E-state index is 12.3. The van der Waals surface area contributed by atoms with Crippen molar-refractivity contribution in [3.8, 4) is 0 Å². The highest BCUT2D eigenvalue weighted by atomic mass is 16.2. The maximum atomic E-state index is 12.3. The zero-order chi connectivity index (χ0) is 11.6. The second-order valence-corrected chi connectivity index (χ2v) is 5.68. The van der Waals surface area contributed by atoms with Gasteiger partial charge in [0.2, 0.25) is 11.8 Å². The van der Waals surface area contributed by atoms with Gasteiger partial charge in [0.05, 0.1) is 11.8 Å². The monoisotopic (exact) mass is 232 g/mol. The van der Waals surface area contributed by atoms with Gasteiger partial charge in [0.15, 0.2) is 0 Å². The molecule has 2 amide bonds. The topological polar surface area (TPSA) is 49.4 Å². The summed E-state index contributed by atoms with van der Waals surface area (Å²) in [5, 5.41) is 3.31. The van der Waals surface area contributed by atoms with Crippen molar-refractivity contribution in [3.05, 3.63) is 12.2 Å². The predicted octanol–water partition coefficient (Wildman–Crippen LogP) is 0.155. The van der Waals surface area contributed by atoms with Crippen LogP contribution >= 0.6 is 0 Å². The van der Waals surface area contributed by atoms with Gasteiger partial charge in [-0.2, -0.15) is 0 Å². The van der Waals surface area contributed by atoms with E-state index in [9.17, 15) is 9.59 Å². The summed E-state index contributed by atoms with van der Waals surface area (Å²) in [4.78, 5) is 26.3. The van der Waals surface area contributed by atoms with E-state index in [2.05, 4.69) is 5.32 Å². The van der Waals surface area contributed by atoms with E-state index in [-0.39, 0.29) is 29.7 Å². The molecule has 0 spiro atoms. The van der Waals surface area contributed by atoms with E-state index in [1.54, 1.807) is 4.90 Å². The molecule has 0 aromatic rings. The zero-order valence-corrected chi connectivity index (χ0v) is 9.63. The summed E-state index contributed by atoms with van der Waals surface area (Å²) in [6, 6.07) is 0.224. The van der Waals surface area contributed by atoms with Crippen molar-refractivity contribution in [2.24, 2.45) is 23.7 Å². The number of carbonyl (C=O) groups excluding carboxylic acids is 2. The van der Waals surface area contributed by atoms with Gasteiger partial charge >= 0.3 is 0 Å². The molecule has 1 N–H and O–H groups in total. The fourth-order valence-electron chi connectivity index (χ4n) is 3.89. The Morgan fingerprint density at radius 2 is 1.53 bits per heavy atom. The Morgan fingerprint density at radius 1 is 1.00 bits per heavy atom. The molecule has 2 heterocycles. The Hall–Kier alpha value is -1.16. The van der Waals surface area contributed by atoms with Crippen LogP contribution in [0.25, 0.3) is 0 Å². The Kier molecular flexibility index (Phi) is 1.85. The molecule has 0 bridgehead atoms. The number of nitrogens with zero attached hydrogens (tertiary/aromatic N) is 1. The normalized spacial score (nSPS) is 47.3. The van der Waals surface area contributed by atoms with Gasteiger partial charge < -0.3 is 5.32 Å². The Bertz CT molecular complexity index is 395. The first-order chi connectivity index (χ1) is 8.29. The number of allylic oxidation sites excluding steroid dienone is 2. The number of imide groups is 1. The van der Waals surface area contributed by atoms with Crippen molar-refractivity contribution in [3.63, 3.8) is 0 Å². The van der Waals surface area contributed by atoms with Gasteiger partial charge in [-0.1, -0.05) is 12.2 Å². The van der Waals surface area contributed by atoms with Gasteiger partial charge in [-0.05, 0) is 24.7 Å². The van der Waals surface area contributed by atoms with Crippen molar-refractivity contribution >= 4 is 11.8 Å². The van der Waals surface area contributed by atoms with Gasteiger partial charge in [0.25, 0.3) is 0 Å². The van der Waals surface area contributed by atoms with Crippen LogP contribution in [0.5, 0.6) is 0 Å². The third kappa shape index (κ3) is 1.16. The number of likely N-dealkylation sites (tertiary alicyclic amines) is 1. The first-order valence-electron chi connectivity index (χ1n) is 6.51. The number of nitrogens with one attached hydrogen (secondary N) is 1. The van der Waals surface area contributed by atoms with Crippen molar-refractivity contribution < 1.29 is 9.59 Å². The van der Waals surface area contributed by atoms with Crippen LogP contribution in [0.1, 0.15) is 12.8 Å². The van der Waals surface area contributed by atoms with E-state index in [1.807, 2.05) is 12.2 Å². The summed E-state index contributed by atoms with van der Waals surface area (Å²) in [6.07, 6.45) is 5.61. The number of amides is 2. The van der Waals surface area contributed by atoms with Crippen LogP contribution in [0.15, 0.2) is 12.2 Å². The molecule has 0 aromatic heterocycles. The van der Waals surface area contributed by atoms with E-state index in [4.69, 9.17) is 0 Å². The third-order valence-electron chi connectivity index (χ3n) is 4.89. The number of hydrogen-bond donors (Lipinski definition) is 1. The number of carbonyl (C=O) groups is 2. The first-order valence-corrected chi connectivity index (χ1v) is 6.51. The lowest BCUT2D eigenvalue weighted by Crippen LogP contribution is -2.38. The summed E-state index contributed by atoms with van der Waals surface area (Å²) in [5.74, 6) is 1.17. The minimum absolute atomic E-state index is 0.0539. The van der Waals surface area contributed by atoms with Crippen LogP contribution in [-0.4, -0.2) is 35.8 Å². The number of hydrogen-bond acceptors (Lipinski definition) is 3. The van der Waals surface area contributed by atoms with E-state index in [0.29, 0.717) is 11.8 Å². The van der Waals surface area contributed by atoms with Crippen molar-refractivity contribution in [2.45, 2.75) is 18.9 Å². The smallest absolute Gasteiger partial charge is 0.233 e. The largest absolute Gasteiger partial charge is 0.316 e. The molecule has 2 aliphatic carbocycles. The van der Waals surface area contributed by atoms with Crippen molar-refractivity contribution in [1.29, 1.82) is 0 Å². The molecule has 4 heteroatoms. The van der Waals surface area contributed by atoms with Crippen LogP contribution in [0, 0.1) is 23.7 Å². The lowest BCUT2D eigenvalue weighted by molar-refractivity contribution is -0.141. The second-order valence-electron chi connectivity index (χ2n) is 5.68. The summed E-state index contributed by atoms with van der Waals surface area (Å²) in [7, 11) is 0. The van der Waals surface area contributed by atoms with E-state index in [0.717, 1.165) is 25.9 Å². The average Bonchev–Trinajstić information content (AvgIpc) is 2.74. The molecule has 90 valence electrons. The molecule has 17 heavy (non-hydrogen) atoms. The number of fused-ring (bicyclic) bond motifs is 2. The molecule has 4 rings (SSSR count). The lowest BCUT2D eigenvalue weighted by Gasteiger charge is -2.17. The van der Waals surface area contributed by atoms with Crippen LogP contribution < -0.4 is 5.32 Å². The van der Waals surface area contributed by atoms with Crippen LogP contribution in [0.4, 0.5) is 0 Å². The highest BCUT2D eigenvalue weighted by Crippen LogP contribution is 2.49. The van der Waals surface area contributed by atoms with Gasteiger partial charge in [-0.25, -0.2) is 0 Å². The van der Waals surface area contributed by atoms with Gasteiger partial charge in [0.1, 0.15) is 0 Å². The zero-order valence-electron chi connectivity index (χ0n) is 9.63. The van der Waals surface area contributed by atoms with Crippen LogP contribution in [0.2, 0.25) is 0 Å². The van der Waals surface area contributed by atoms with Gasteiger partial charge in [-0.3, -0.25) is 14.5 Å². The quantitative estimate of drug-likeness (QED) is 0.517. The van der Waals surface area contributed by atoms with Gasteiger partial charge in [0, 0.05) is 19.1 Å². The summed E-state index contributed by atoms with van der Waals surface area (Å²) >= 11 is 0. The van der Waals surface area contributed by atoms with E-state index in [1.165, 1.54) is 0 Å². The summed E-state index contributed by atoms with van der Waals surface area (Å²) in [5.41, 5.74) is 0. The number of piperidine rings is 1.